The van der Waals surface area contributed by atoms with Gasteiger partial charge in [0, 0.05) is 23.2 Å². The van der Waals surface area contributed by atoms with Crippen LogP contribution in [-0.2, 0) is 10.1 Å². The van der Waals surface area contributed by atoms with Crippen molar-refractivity contribution >= 4 is 20.9 Å². The number of pyridine rings is 1. The van der Waals surface area contributed by atoms with Gasteiger partial charge in [0.25, 0.3) is 10.1 Å². The first-order chi connectivity index (χ1) is 6.59. The summed E-state index contributed by atoms with van der Waals surface area (Å²) in [6.07, 6.45) is 3.03. The smallest absolute Gasteiger partial charge is 0.282 e. The van der Waals surface area contributed by atoms with E-state index < -0.39 is 10.1 Å². The molecule has 4 nitrogen and oxygen atoms in total. The average molecular weight is 209 g/mol. The summed E-state index contributed by atoms with van der Waals surface area (Å²) in [5.74, 6) is 0. The van der Waals surface area contributed by atoms with Gasteiger partial charge >= 0.3 is 0 Å². The van der Waals surface area contributed by atoms with Crippen LogP contribution in [0.25, 0.3) is 10.8 Å². The third kappa shape index (κ3) is 1.47. The summed E-state index contributed by atoms with van der Waals surface area (Å²) in [5, 5.41) is 1.16. The average Bonchev–Trinajstić information content (AvgIpc) is 2.15. The Labute approximate surface area is 81.0 Å². The molecular weight excluding hydrogens is 202 g/mol. The number of nitrogens with zero attached hydrogens (tertiary/aromatic N) is 1. The maximum atomic E-state index is 11.0. The molecule has 0 atom stereocenters. The standard InChI is InChI=1S/C9H7NO3S/c11-14(12,13)9-3-1-2-7-6-10-5-4-8(7)9/h1-6H,(H,11,12,13). The first kappa shape index (κ1) is 9.11. The second-order valence-electron chi connectivity index (χ2n) is 2.83. The number of hydrogen-bond donors (Lipinski definition) is 1. The lowest BCUT2D eigenvalue weighted by molar-refractivity contribution is 0.484. The van der Waals surface area contributed by atoms with E-state index in [1.807, 2.05) is 0 Å². The molecule has 5 heteroatoms. The summed E-state index contributed by atoms with van der Waals surface area (Å²) in [5.41, 5.74) is 0. The summed E-state index contributed by atoms with van der Waals surface area (Å²) in [4.78, 5) is 3.77. The van der Waals surface area contributed by atoms with Crippen molar-refractivity contribution in [3.63, 3.8) is 0 Å². The van der Waals surface area contributed by atoms with Crippen LogP contribution in [-0.4, -0.2) is 18.0 Å². The van der Waals surface area contributed by atoms with Crippen molar-refractivity contribution < 1.29 is 13.0 Å². The Hall–Kier alpha value is -1.46. The van der Waals surface area contributed by atoms with Gasteiger partial charge in [0.15, 0.2) is 0 Å². The minimum Gasteiger partial charge on any atom is -0.282 e. The van der Waals surface area contributed by atoms with Gasteiger partial charge in [0.1, 0.15) is 4.90 Å². The van der Waals surface area contributed by atoms with E-state index in [9.17, 15) is 8.42 Å². The molecule has 0 bridgehead atoms. The number of hydrogen-bond acceptors (Lipinski definition) is 3. The monoisotopic (exact) mass is 209 g/mol. The van der Waals surface area contributed by atoms with Crippen LogP contribution in [0.1, 0.15) is 0 Å². The molecule has 72 valence electrons. The van der Waals surface area contributed by atoms with Crippen LogP contribution in [0.4, 0.5) is 0 Å². The molecule has 0 aliphatic carbocycles. The molecule has 14 heavy (non-hydrogen) atoms. The van der Waals surface area contributed by atoms with Gasteiger partial charge in [-0.3, -0.25) is 9.54 Å². The Morgan fingerprint density at radius 1 is 1.21 bits per heavy atom. The highest BCUT2D eigenvalue weighted by molar-refractivity contribution is 7.86. The molecule has 1 N–H and O–H groups in total. The molecule has 0 aliphatic heterocycles. The molecule has 1 heterocycles. The lowest BCUT2D eigenvalue weighted by Gasteiger charge is -2.01. The number of fused-ring (bicyclic) bond motifs is 1. The first-order valence-electron chi connectivity index (χ1n) is 3.89. The molecule has 0 unspecified atom stereocenters. The maximum absolute atomic E-state index is 11.0. The topological polar surface area (TPSA) is 67.3 Å². The van der Waals surface area contributed by atoms with Gasteiger partial charge in [-0.2, -0.15) is 8.42 Å². The molecule has 1 aromatic heterocycles. The lowest BCUT2D eigenvalue weighted by Crippen LogP contribution is -1.98. The van der Waals surface area contributed by atoms with Gasteiger partial charge in [-0.05, 0) is 12.1 Å². The molecular formula is C9H7NO3S. The largest absolute Gasteiger partial charge is 0.295 e. The molecule has 0 fully saturated rings. The molecule has 1 aromatic carbocycles. The van der Waals surface area contributed by atoms with Crippen molar-refractivity contribution in [1.82, 2.24) is 4.98 Å². The lowest BCUT2D eigenvalue weighted by atomic mass is 10.2. The zero-order chi connectivity index (χ0) is 10.2. The summed E-state index contributed by atoms with van der Waals surface area (Å²) in [7, 11) is -4.16. The van der Waals surface area contributed by atoms with Crippen molar-refractivity contribution in [1.29, 1.82) is 0 Å². The Morgan fingerprint density at radius 2 is 2.00 bits per heavy atom. The third-order valence-corrected chi connectivity index (χ3v) is 2.83. The summed E-state index contributed by atoms with van der Waals surface area (Å²) in [6.45, 7) is 0. The Balaban J connectivity index is 2.92. The van der Waals surface area contributed by atoms with Gasteiger partial charge < -0.3 is 0 Å². The van der Waals surface area contributed by atoms with Crippen molar-refractivity contribution in [2.24, 2.45) is 0 Å². The minimum absolute atomic E-state index is 0.0857. The van der Waals surface area contributed by atoms with Crippen LogP contribution in [0.2, 0.25) is 0 Å². The minimum atomic E-state index is -4.16. The highest BCUT2D eigenvalue weighted by atomic mass is 32.2. The molecule has 2 aromatic rings. The molecule has 0 spiro atoms. The summed E-state index contributed by atoms with van der Waals surface area (Å²) in [6, 6.07) is 6.21. The quantitative estimate of drug-likeness (QED) is 0.722. The van der Waals surface area contributed by atoms with Crippen LogP contribution >= 0.6 is 0 Å². The molecule has 0 radical (unpaired) electrons. The molecule has 0 saturated carbocycles. The van der Waals surface area contributed by atoms with Crippen molar-refractivity contribution in [2.75, 3.05) is 0 Å². The predicted molar refractivity (Wildman–Crippen MR) is 51.6 cm³/mol. The highest BCUT2D eigenvalue weighted by Gasteiger charge is 2.12. The van der Waals surface area contributed by atoms with Crippen LogP contribution in [0.15, 0.2) is 41.6 Å². The van der Waals surface area contributed by atoms with Crippen LogP contribution < -0.4 is 0 Å². The van der Waals surface area contributed by atoms with E-state index in [0.717, 1.165) is 0 Å². The van der Waals surface area contributed by atoms with Crippen molar-refractivity contribution in [2.45, 2.75) is 4.90 Å². The molecule has 0 amide bonds. The van der Waals surface area contributed by atoms with Gasteiger partial charge in [0.2, 0.25) is 0 Å². The van der Waals surface area contributed by atoms with Gasteiger partial charge in [-0.1, -0.05) is 12.1 Å². The molecule has 2 rings (SSSR count). The number of aromatic nitrogens is 1. The van der Waals surface area contributed by atoms with Gasteiger partial charge in [0.05, 0.1) is 0 Å². The summed E-state index contributed by atoms with van der Waals surface area (Å²) < 4.78 is 30.9. The third-order valence-electron chi connectivity index (χ3n) is 1.92. The highest BCUT2D eigenvalue weighted by Crippen LogP contribution is 2.21. The fourth-order valence-electron chi connectivity index (χ4n) is 1.32. The fourth-order valence-corrected chi connectivity index (χ4v) is 2.03. The fraction of sp³-hybridized carbons (Fsp3) is 0. The van der Waals surface area contributed by atoms with E-state index in [-0.39, 0.29) is 4.90 Å². The van der Waals surface area contributed by atoms with Crippen molar-refractivity contribution in [3.05, 3.63) is 36.7 Å². The maximum Gasteiger partial charge on any atom is 0.295 e. The van der Waals surface area contributed by atoms with E-state index in [2.05, 4.69) is 4.98 Å². The second-order valence-corrected chi connectivity index (χ2v) is 4.22. The first-order valence-corrected chi connectivity index (χ1v) is 5.33. The SMILES string of the molecule is O=S(=O)(O)c1cccc2cnccc12. The van der Waals surface area contributed by atoms with Crippen LogP contribution in [0.5, 0.6) is 0 Å². The normalized spacial score (nSPS) is 11.8. The van der Waals surface area contributed by atoms with Crippen LogP contribution in [0, 0.1) is 0 Å². The number of rotatable bonds is 1. The molecule has 0 aliphatic rings. The number of benzene rings is 1. The van der Waals surface area contributed by atoms with Gasteiger partial charge in [-0.25, -0.2) is 0 Å². The predicted octanol–water partition coefficient (Wildman–Crippen LogP) is 1.48. The molecule has 0 saturated heterocycles. The van der Waals surface area contributed by atoms with E-state index in [4.69, 9.17) is 4.55 Å². The Kier molecular flexibility index (Phi) is 1.98. The Morgan fingerprint density at radius 3 is 2.71 bits per heavy atom. The van der Waals surface area contributed by atoms with E-state index in [1.165, 1.54) is 12.3 Å². The second kappa shape index (κ2) is 3.04. The van der Waals surface area contributed by atoms with E-state index in [0.29, 0.717) is 10.8 Å². The van der Waals surface area contributed by atoms with Crippen LogP contribution in [0.3, 0.4) is 0 Å². The summed E-state index contributed by atoms with van der Waals surface area (Å²) >= 11 is 0. The van der Waals surface area contributed by atoms with Crippen molar-refractivity contribution in [3.8, 4) is 0 Å². The Bertz CT molecular complexity index is 572. The van der Waals surface area contributed by atoms with Gasteiger partial charge in [-0.15, -0.1) is 0 Å². The zero-order valence-electron chi connectivity index (χ0n) is 7.08. The van der Waals surface area contributed by atoms with E-state index in [1.54, 1.807) is 24.4 Å². The zero-order valence-corrected chi connectivity index (χ0v) is 7.90. The van der Waals surface area contributed by atoms with E-state index >= 15 is 0 Å².